The maximum absolute atomic E-state index is 14.2. The third kappa shape index (κ3) is 9.23. The monoisotopic (exact) mass is 599 g/mol. The van der Waals surface area contributed by atoms with Gasteiger partial charge in [-0.25, -0.2) is 8.42 Å². The number of nitrogens with one attached hydrogen (secondary N) is 1. The van der Waals surface area contributed by atoms with Crippen LogP contribution in [0.2, 0.25) is 5.02 Å². The second-order valence-corrected chi connectivity index (χ2v) is 13.0. The van der Waals surface area contributed by atoms with Crippen molar-refractivity contribution in [3.63, 3.8) is 0 Å². The first-order chi connectivity index (χ1) is 19.3. The van der Waals surface area contributed by atoms with E-state index in [2.05, 4.69) is 5.32 Å². The highest BCUT2D eigenvalue weighted by atomic mass is 35.5. The Hall–Kier alpha value is -3.56. The predicted molar refractivity (Wildman–Crippen MR) is 164 cm³/mol. The van der Waals surface area contributed by atoms with E-state index in [1.165, 1.54) is 4.90 Å². The van der Waals surface area contributed by atoms with E-state index < -0.39 is 34.1 Å². The standard InChI is InChI=1S/C31H38ClN3O5S/c1-6-40-28-19-13-12-18-26(28)35(41(5,38)39)22-29(36)34(21-24-16-10-11-17-25(24)32)27(30(37)33-31(2,3)4)20-23-14-8-7-9-15-23/h7-19,27H,6,20-22H2,1-5H3,(H,33,37)/t27-/m0/s1. The molecule has 2 amide bonds. The van der Waals surface area contributed by atoms with Crippen molar-refractivity contribution in [3.05, 3.63) is 95.0 Å². The topological polar surface area (TPSA) is 96.0 Å². The summed E-state index contributed by atoms with van der Waals surface area (Å²) < 4.78 is 32.8. The molecule has 0 aromatic heterocycles. The minimum absolute atomic E-state index is 0.00171. The summed E-state index contributed by atoms with van der Waals surface area (Å²) in [4.78, 5) is 29.4. The lowest BCUT2D eigenvalue weighted by Crippen LogP contribution is -2.56. The summed E-state index contributed by atoms with van der Waals surface area (Å²) in [6.45, 7) is 7.15. The lowest BCUT2D eigenvalue weighted by molar-refractivity contribution is -0.140. The Morgan fingerprint density at radius 3 is 2.17 bits per heavy atom. The summed E-state index contributed by atoms with van der Waals surface area (Å²) in [5.74, 6) is -0.591. The third-order valence-electron chi connectivity index (χ3n) is 6.18. The Morgan fingerprint density at radius 1 is 0.951 bits per heavy atom. The maximum atomic E-state index is 14.2. The minimum Gasteiger partial charge on any atom is -0.492 e. The highest BCUT2D eigenvalue weighted by Gasteiger charge is 2.35. The van der Waals surface area contributed by atoms with E-state index in [1.54, 1.807) is 55.5 Å². The van der Waals surface area contributed by atoms with Crippen molar-refractivity contribution < 1.29 is 22.7 Å². The van der Waals surface area contributed by atoms with E-state index in [1.807, 2.05) is 51.1 Å². The lowest BCUT2D eigenvalue weighted by Gasteiger charge is -2.35. The van der Waals surface area contributed by atoms with E-state index in [9.17, 15) is 18.0 Å². The zero-order valence-corrected chi connectivity index (χ0v) is 25.7. The Labute approximate surface area is 248 Å². The van der Waals surface area contributed by atoms with Gasteiger partial charge in [0.2, 0.25) is 21.8 Å². The van der Waals surface area contributed by atoms with Crippen molar-refractivity contribution >= 4 is 39.1 Å². The van der Waals surface area contributed by atoms with Gasteiger partial charge in [-0.2, -0.15) is 0 Å². The van der Waals surface area contributed by atoms with Crippen LogP contribution in [-0.2, 0) is 32.6 Å². The number of hydrogen-bond acceptors (Lipinski definition) is 5. The van der Waals surface area contributed by atoms with Crippen molar-refractivity contribution in [2.75, 3.05) is 23.7 Å². The summed E-state index contributed by atoms with van der Waals surface area (Å²) in [5, 5.41) is 3.43. The normalized spacial score (nSPS) is 12.3. The molecule has 41 heavy (non-hydrogen) atoms. The van der Waals surface area contributed by atoms with Crippen LogP contribution in [0.5, 0.6) is 5.75 Å². The predicted octanol–water partition coefficient (Wildman–Crippen LogP) is 5.06. The number of sulfonamides is 1. The van der Waals surface area contributed by atoms with Crippen molar-refractivity contribution in [2.45, 2.75) is 52.2 Å². The second-order valence-electron chi connectivity index (χ2n) is 10.7. The summed E-state index contributed by atoms with van der Waals surface area (Å²) in [7, 11) is -3.92. The first kappa shape index (κ1) is 32.0. The van der Waals surface area contributed by atoms with Gasteiger partial charge < -0.3 is 15.0 Å². The Morgan fingerprint density at radius 2 is 1.56 bits per heavy atom. The summed E-state index contributed by atoms with van der Waals surface area (Å²) in [6, 6.07) is 22.1. The van der Waals surface area contributed by atoms with E-state index in [-0.39, 0.29) is 24.6 Å². The molecule has 220 valence electrons. The molecular formula is C31H38ClN3O5S. The maximum Gasteiger partial charge on any atom is 0.244 e. The summed E-state index contributed by atoms with van der Waals surface area (Å²) >= 11 is 6.49. The molecule has 0 heterocycles. The lowest BCUT2D eigenvalue weighted by atomic mass is 10.0. The molecule has 1 N–H and O–H groups in total. The minimum atomic E-state index is -3.92. The summed E-state index contributed by atoms with van der Waals surface area (Å²) in [6.07, 6.45) is 1.25. The third-order valence-corrected chi connectivity index (χ3v) is 7.68. The molecule has 10 heteroatoms. The van der Waals surface area contributed by atoms with E-state index in [0.29, 0.717) is 22.9 Å². The Bertz CT molecular complexity index is 1440. The first-order valence-corrected chi connectivity index (χ1v) is 15.6. The van der Waals surface area contributed by atoms with Crippen molar-refractivity contribution in [1.82, 2.24) is 10.2 Å². The van der Waals surface area contributed by atoms with Gasteiger partial charge in [0, 0.05) is 23.5 Å². The average Bonchev–Trinajstić information content (AvgIpc) is 2.90. The molecular weight excluding hydrogens is 562 g/mol. The molecule has 3 aromatic rings. The van der Waals surface area contributed by atoms with Gasteiger partial charge >= 0.3 is 0 Å². The largest absolute Gasteiger partial charge is 0.492 e. The average molecular weight is 600 g/mol. The number of hydrogen-bond donors (Lipinski definition) is 1. The number of ether oxygens (including phenoxy) is 1. The van der Waals surface area contributed by atoms with Gasteiger partial charge in [0.1, 0.15) is 18.3 Å². The molecule has 0 unspecified atom stereocenters. The van der Waals surface area contributed by atoms with Gasteiger partial charge in [0.05, 0.1) is 18.6 Å². The van der Waals surface area contributed by atoms with Crippen LogP contribution < -0.4 is 14.4 Å². The number of carbonyl (C=O) groups is 2. The molecule has 0 spiro atoms. The van der Waals surface area contributed by atoms with Gasteiger partial charge in [-0.3, -0.25) is 13.9 Å². The van der Waals surface area contributed by atoms with E-state index >= 15 is 0 Å². The number of benzene rings is 3. The quantitative estimate of drug-likeness (QED) is 0.314. The van der Waals surface area contributed by atoms with Gasteiger partial charge in [-0.1, -0.05) is 72.3 Å². The van der Waals surface area contributed by atoms with Crippen LogP contribution in [0.25, 0.3) is 0 Å². The fourth-order valence-corrected chi connectivity index (χ4v) is 5.40. The molecule has 0 radical (unpaired) electrons. The number of halogens is 1. The van der Waals surface area contributed by atoms with Crippen molar-refractivity contribution in [1.29, 1.82) is 0 Å². The number of rotatable bonds is 12. The molecule has 3 aromatic carbocycles. The zero-order valence-electron chi connectivity index (χ0n) is 24.1. The zero-order chi connectivity index (χ0) is 30.2. The van der Waals surface area contributed by atoms with Crippen LogP contribution in [0.4, 0.5) is 5.69 Å². The molecule has 0 bridgehead atoms. The van der Waals surface area contributed by atoms with Crippen molar-refractivity contribution in [3.8, 4) is 5.75 Å². The highest BCUT2D eigenvalue weighted by Crippen LogP contribution is 2.30. The SMILES string of the molecule is CCOc1ccccc1N(CC(=O)N(Cc1ccccc1Cl)[C@@H](Cc1ccccc1)C(=O)NC(C)(C)C)S(C)(=O)=O. The fourth-order valence-electron chi connectivity index (χ4n) is 4.35. The van der Waals surface area contributed by atoms with Crippen LogP contribution in [0, 0.1) is 0 Å². The number of anilines is 1. The van der Waals surface area contributed by atoms with Gasteiger partial charge in [0.15, 0.2) is 0 Å². The fraction of sp³-hybridized carbons (Fsp3) is 0.355. The molecule has 3 rings (SSSR count). The molecule has 0 saturated heterocycles. The van der Waals surface area contributed by atoms with Crippen LogP contribution in [0.1, 0.15) is 38.8 Å². The Kier molecular flexibility index (Phi) is 10.8. The summed E-state index contributed by atoms with van der Waals surface area (Å²) in [5.41, 5.74) is 1.15. The number of para-hydroxylation sites is 2. The number of nitrogens with zero attached hydrogens (tertiary/aromatic N) is 2. The van der Waals surface area contributed by atoms with E-state index in [0.717, 1.165) is 16.1 Å². The van der Waals surface area contributed by atoms with Crippen LogP contribution >= 0.6 is 11.6 Å². The molecule has 1 atom stereocenters. The first-order valence-electron chi connectivity index (χ1n) is 13.4. The van der Waals surface area contributed by atoms with E-state index in [4.69, 9.17) is 16.3 Å². The van der Waals surface area contributed by atoms with Gasteiger partial charge in [0.25, 0.3) is 0 Å². The molecule has 0 aliphatic rings. The highest BCUT2D eigenvalue weighted by molar-refractivity contribution is 7.92. The molecule has 0 fully saturated rings. The molecule has 0 aliphatic carbocycles. The van der Waals surface area contributed by atoms with Crippen LogP contribution in [-0.4, -0.2) is 56.1 Å². The van der Waals surface area contributed by atoms with Crippen LogP contribution in [0.3, 0.4) is 0 Å². The second kappa shape index (κ2) is 13.9. The number of carbonyl (C=O) groups excluding carboxylic acids is 2. The molecule has 0 saturated carbocycles. The Balaban J connectivity index is 2.11. The van der Waals surface area contributed by atoms with Crippen molar-refractivity contribution in [2.24, 2.45) is 0 Å². The van der Waals surface area contributed by atoms with Gasteiger partial charge in [-0.05, 0) is 57.0 Å². The molecule has 8 nitrogen and oxygen atoms in total. The molecule has 0 aliphatic heterocycles. The smallest absolute Gasteiger partial charge is 0.244 e. The van der Waals surface area contributed by atoms with Gasteiger partial charge in [-0.15, -0.1) is 0 Å². The number of amides is 2. The van der Waals surface area contributed by atoms with Crippen LogP contribution in [0.15, 0.2) is 78.9 Å².